The number of hydroxylamine groups is 2. The van der Waals surface area contributed by atoms with Crippen LogP contribution >= 0.6 is 0 Å². The number of aliphatic hydroxyl groups excluding tert-OH is 3. The predicted octanol–water partition coefficient (Wildman–Crippen LogP) is 10.1. The quantitative estimate of drug-likeness (QED) is 0.0880. The van der Waals surface area contributed by atoms with Gasteiger partial charge in [-0.2, -0.15) is 5.06 Å². The van der Waals surface area contributed by atoms with Crippen LogP contribution in [-0.4, -0.2) is 193 Å². The topological polar surface area (TPSA) is 152 Å². The molecule has 5 fully saturated rings. The maximum Gasteiger partial charge on any atom is 0.306 e. The number of carbonyl (C=O) groups excluding carboxylic acids is 1. The summed E-state index contributed by atoms with van der Waals surface area (Å²) >= 11 is 0. The molecule has 5 saturated heterocycles. The number of likely N-dealkylation sites (tertiary alicyclic amines) is 4. The number of ether oxygens (including phenoxy) is 4. The molecule has 0 aromatic rings. The highest BCUT2D eigenvalue weighted by Gasteiger charge is 2.50. The fraction of sp³-hybridized carbons (Fsp3) is 0.984. The van der Waals surface area contributed by atoms with Gasteiger partial charge in [-0.15, -0.1) is 0 Å². The lowest BCUT2D eigenvalue weighted by atomic mass is 9.78. The van der Waals surface area contributed by atoms with Crippen molar-refractivity contribution in [3.8, 4) is 0 Å². The van der Waals surface area contributed by atoms with E-state index in [2.05, 4.69) is 172 Å². The fourth-order valence-electron chi connectivity index (χ4n) is 13.4. The van der Waals surface area contributed by atoms with Crippen LogP contribution in [0.15, 0.2) is 0 Å². The molecule has 0 aromatic carbocycles. The molecular weight excluding hydrogens is 959 g/mol. The molecule has 76 heavy (non-hydrogen) atoms. The van der Waals surface area contributed by atoms with Crippen molar-refractivity contribution in [2.75, 3.05) is 55.1 Å². The number of nitrogens with zero attached hydrogens (tertiary/aromatic N) is 4. The van der Waals surface area contributed by atoms with Gasteiger partial charge in [0.15, 0.2) is 0 Å². The first kappa shape index (κ1) is 73.0. The lowest BCUT2D eigenvalue weighted by Gasteiger charge is -2.53. The normalized spacial score (nSPS) is 28.4. The van der Waals surface area contributed by atoms with Crippen molar-refractivity contribution >= 4 is 5.97 Å². The maximum atomic E-state index is 11.9. The van der Waals surface area contributed by atoms with Crippen LogP contribution in [0.4, 0.5) is 0 Å². The van der Waals surface area contributed by atoms with Crippen LogP contribution in [0, 0.1) is 0 Å². The average Bonchev–Trinajstić information content (AvgIpc) is 3.23. The molecule has 5 heterocycles. The first-order valence-corrected chi connectivity index (χ1v) is 29.7. The molecule has 5 N–H and O–H groups in total. The maximum absolute atomic E-state index is 11.9. The lowest BCUT2D eigenvalue weighted by Crippen LogP contribution is -3.25. The average molecular weight is 1090 g/mol. The van der Waals surface area contributed by atoms with Crippen molar-refractivity contribution < 1.29 is 49.3 Å². The number of methoxy groups -OCH3 is 1. The van der Waals surface area contributed by atoms with E-state index < -0.39 is 6.10 Å². The van der Waals surface area contributed by atoms with E-state index in [-0.39, 0.29) is 85.8 Å². The highest BCUT2D eigenvalue weighted by Crippen LogP contribution is 2.41. The van der Waals surface area contributed by atoms with Crippen LogP contribution in [-0.2, 0) is 23.7 Å². The lowest BCUT2D eigenvalue weighted by molar-refractivity contribution is -1.16. The summed E-state index contributed by atoms with van der Waals surface area (Å²) in [7, 11) is 10.3. The minimum absolute atomic E-state index is 0.0189. The SMILES string of the molecule is CC1(C)CC(O)CC(C)(C)[NH+]1O.CCCCCC(=O)OC1CC(C)(C)N(C)C(C)(C)C1.CCCOC1CC(C)(C)N(C)C(C)(C)C1.CN1C(C)(C)CC(O)CC1(C)C.COCC(O)COC1CC(C)(C)N(C)C(C)(C)C1. The van der Waals surface area contributed by atoms with Gasteiger partial charge in [0.05, 0.1) is 37.6 Å². The number of quaternary nitrogens is 1. The largest absolute Gasteiger partial charge is 0.462 e. The van der Waals surface area contributed by atoms with Crippen molar-refractivity contribution in [2.24, 2.45) is 0 Å². The monoisotopic (exact) mass is 1090 g/mol. The Morgan fingerprint density at radius 1 is 0.487 bits per heavy atom. The number of unbranched alkanes of at least 4 members (excludes halogenated alkanes) is 2. The minimum atomic E-state index is -0.527. The van der Waals surface area contributed by atoms with Crippen molar-refractivity contribution in [1.29, 1.82) is 0 Å². The minimum Gasteiger partial charge on any atom is -0.462 e. The van der Waals surface area contributed by atoms with E-state index in [4.69, 9.17) is 18.9 Å². The summed E-state index contributed by atoms with van der Waals surface area (Å²) in [5.74, 6) is -0.0189. The molecule has 1 atom stereocenters. The van der Waals surface area contributed by atoms with E-state index in [1.165, 1.54) is 0 Å². The standard InChI is InChI=1S/C16H31NO2.C14H29NO3.C13H27NO.C10H21NO.C9H19NO2/c1-7-8-9-10-14(18)19-13-11-15(2,3)17(6)16(4,5)12-13;1-13(2)7-12(8-14(3,4)15(13)5)18-10-11(16)9-17-6;1-7-8-15-11-9-12(2,3)14(6)13(4,5)10-11;1-9(2)6-8(12)7-10(3,4)11(9)5;1-8(2)5-7(11)6-9(3,4)10(8)12/h13H,7-12H2,1-6H3;11-12,16H,7-10H2,1-6H3;11H,7-10H2,1-6H3;8,12H,6-7H2,1-5H3;7,11-12H,5-6H2,1-4H3/p+1. The molecule has 5 rings (SSSR count). The van der Waals surface area contributed by atoms with Crippen LogP contribution < -0.4 is 5.06 Å². The van der Waals surface area contributed by atoms with Gasteiger partial charge in [0.2, 0.25) is 0 Å². The molecule has 5 aliphatic heterocycles. The van der Waals surface area contributed by atoms with E-state index in [9.17, 15) is 25.3 Å². The molecule has 14 nitrogen and oxygen atoms in total. The summed E-state index contributed by atoms with van der Waals surface area (Å²) < 4.78 is 22.4. The number of aliphatic hydroxyl groups is 3. The van der Waals surface area contributed by atoms with Crippen LogP contribution in [0.1, 0.15) is 249 Å². The molecule has 0 bridgehead atoms. The first-order chi connectivity index (χ1) is 34.2. The van der Waals surface area contributed by atoms with Gasteiger partial charge in [-0.05, 0) is 218 Å². The number of rotatable bonds is 13. The number of piperidine rings is 5. The molecule has 0 saturated carbocycles. The van der Waals surface area contributed by atoms with E-state index >= 15 is 0 Å². The van der Waals surface area contributed by atoms with Gasteiger partial charge in [-0.25, -0.2) is 5.21 Å². The fourth-order valence-corrected chi connectivity index (χ4v) is 13.4. The first-order valence-electron chi connectivity index (χ1n) is 29.7. The molecule has 14 heteroatoms. The zero-order chi connectivity index (χ0) is 59.5. The Balaban J connectivity index is 0.000000481. The third-order valence-corrected chi connectivity index (χ3v) is 18.6. The number of nitrogens with one attached hydrogen (secondary N) is 1. The predicted molar refractivity (Wildman–Crippen MR) is 314 cm³/mol. The molecule has 454 valence electrons. The van der Waals surface area contributed by atoms with Crippen LogP contribution in [0.5, 0.6) is 0 Å². The van der Waals surface area contributed by atoms with Gasteiger partial charge in [-0.3, -0.25) is 24.4 Å². The molecule has 0 amide bonds. The molecule has 1 unspecified atom stereocenters. The summed E-state index contributed by atoms with van der Waals surface area (Å²) in [6, 6.07) is 0. The molecule has 0 spiro atoms. The summed E-state index contributed by atoms with van der Waals surface area (Å²) in [5, 5.41) is 39.3. The van der Waals surface area contributed by atoms with Gasteiger partial charge in [0.1, 0.15) is 23.3 Å². The Morgan fingerprint density at radius 2 is 0.803 bits per heavy atom. The number of esters is 1. The summed E-state index contributed by atoms with van der Waals surface area (Å²) in [6.45, 7) is 49.7. The van der Waals surface area contributed by atoms with E-state index in [1.807, 2.05) is 27.7 Å². The molecule has 0 radical (unpaired) electrons. The molecule has 5 aliphatic rings. The number of carbonyl (C=O) groups is 1. The third kappa shape index (κ3) is 22.4. The van der Waals surface area contributed by atoms with Crippen LogP contribution in [0.2, 0.25) is 0 Å². The van der Waals surface area contributed by atoms with Crippen molar-refractivity contribution in [3.05, 3.63) is 0 Å². The van der Waals surface area contributed by atoms with Gasteiger partial charge < -0.3 is 34.3 Å². The van der Waals surface area contributed by atoms with Crippen LogP contribution in [0.25, 0.3) is 0 Å². The zero-order valence-electron chi connectivity index (χ0n) is 54.8. The number of hydrogen-bond acceptors (Lipinski definition) is 13. The van der Waals surface area contributed by atoms with Gasteiger partial charge in [0.25, 0.3) is 0 Å². The molecule has 0 aliphatic carbocycles. The molecular formula is C62H128N5O9+. The highest BCUT2D eigenvalue weighted by molar-refractivity contribution is 5.69. The Morgan fingerprint density at radius 3 is 1.13 bits per heavy atom. The van der Waals surface area contributed by atoms with Gasteiger partial charge in [-0.1, -0.05) is 26.7 Å². The smallest absolute Gasteiger partial charge is 0.306 e. The van der Waals surface area contributed by atoms with E-state index in [0.717, 1.165) is 83.7 Å². The Kier molecular flexibility index (Phi) is 27.7. The Bertz CT molecular complexity index is 1570. The van der Waals surface area contributed by atoms with Gasteiger partial charge >= 0.3 is 5.97 Å². The summed E-state index contributed by atoms with van der Waals surface area (Å²) in [5.41, 5.74) is 0.689. The van der Waals surface area contributed by atoms with Crippen molar-refractivity contribution in [3.63, 3.8) is 0 Å². The third-order valence-electron chi connectivity index (χ3n) is 18.6. The zero-order valence-corrected chi connectivity index (χ0v) is 54.8. The Labute approximate surface area is 469 Å². The summed E-state index contributed by atoms with van der Waals surface area (Å²) in [6.07, 6.45) is 13.9. The second kappa shape index (κ2) is 28.8. The Hall–Kier alpha value is -1.01. The highest BCUT2D eigenvalue weighted by atomic mass is 16.5. The van der Waals surface area contributed by atoms with Crippen LogP contribution in [0.3, 0.4) is 0 Å². The molecule has 0 aromatic heterocycles. The number of hydrogen-bond donors (Lipinski definition) is 5. The van der Waals surface area contributed by atoms with E-state index in [1.54, 1.807) is 7.11 Å². The second-order valence-corrected chi connectivity index (χ2v) is 30.3. The summed E-state index contributed by atoms with van der Waals surface area (Å²) in [4.78, 5) is 21.5. The van der Waals surface area contributed by atoms with E-state index in [0.29, 0.717) is 43.6 Å². The van der Waals surface area contributed by atoms with Gasteiger partial charge in [0, 0.05) is 90.1 Å². The second-order valence-electron chi connectivity index (χ2n) is 30.3. The van der Waals surface area contributed by atoms with Crippen molar-refractivity contribution in [1.82, 2.24) is 19.6 Å². The van der Waals surface area contributed by atoms with Crippen molar-refractivity contribution in [2.45, 2.75) is 341 Å².